The number of nitrogens with zero attached hydrogens (tertiary/aromatic N) is 1. The van der Waals surface area contributed by atoms with Crippen molar-refractivity contribution in [3.63, 3.8) is 0 Å². The summed E-state index contributed by atoms with van der Waals surface area (Å²) in [4.78, 5) is 4.76. The van der Waals surface area contributed by atoms with Crippen LogP contribution >= 0.6 is 11.3 Å². The lowest BCUT2D eigenvalue weighted by molar-refractivity contribution is 0.669. The Balaban J connectivity index is 0.872. The molecule has 0 unspecified atom stereocenters. The maximum atomic E-state index is 6.05. The van der Waals surface area contributed by atoms with Gasteiger partial charge in [0.15, 0.2) is 0 Å². The van der Waals surface area contributed by atoms with Gasteiger partial charge < -0.3 is 9.32 Å². The number of furan rings is 1. The van der Waals surface area contributed by atoms with Gasteiger partial charge in [-0.05, 0) is 117 Å². The van der Waals surface area contributed by atoms with E-state index in [1.165, 1.54) is 48.7 Å². The molecule has 0 spiro atoms. The molecule has 0 saturated heterocycles. The molecule has 0 saturated carbocycles. The van der Waals surface area contributed by atoms with E-state index in [1.807, 2.05) is 41.7 Å². The summed E-state index contributed by atoms with van der Waals surface area (Å²) in [5.74, 6) is 0. The van der Waals surface area contributed by atoms with Gasteiger partial charge in [-0.25, -0.2) is 0 Å². The van der Waals surface area contributed by atoms with Crippen molar-refractivity contribution in [2.75, 3.05) is 4.90 Å². The number of allylic oxidation sites excluding steroid dienone is 3. The molecule has 2 nitrogen and oxygen atoms in total. The molecule has 3 heteroatoms. The average Bonchev–Trinajstić information content (AvgIpc) is 3.98. The molecule has 0 aliphatic heterocycles. The normalized spacial score (nSPS) is 11.7. The van der Waals surface area contributed by atoms with Crippen LogP contribution in [-0.2, 0) is 0 Å². The molecule has 0 aliphatic rings. The van der Waals surface area contributed by atoms with Crippen LogP contribution in [0, 0.1) is 0 Å². The van der Waals surface area contributed by atoms with Gasteiger partial charge in [-0.1, -0.05) is 176 Å². The highest BCUT2D eigenvalue weighted by molar-refractivity contribution is 7.18. The van der Waals surface area contributed by atoms with Crippen LogP contribution in [0.1, 0.15) is 5.56 Å². The van der Waals surface area contributed by atoms with Crippen LogP contribution in [-0.4, -0.2) is 0 Å². The van der Waals surface area contributed by atoms with Gasteiger partial charge in [0, 0.05) is 37.6 Å². The van der Waals surface area contributed by atoms with Crippen LogP contribution in [0.4, 0.5) is 11.4 Å². The lowest BCUT2D eigenvalue weighted by Gasteiger charge is -2.26. The number of para-hydroxylation sites is 1. The number of hydrogen-bond donors (Lipinski definition) is 0. The second-order valence-corrected chi connectivity index (χ2v) is 16.1. The molecule has 0 bridgehead atoms. The van der Waals surface area contributed by atoms with E-state index < -0.39 is 0 Å². The SMILES string of the molecule is C=CC(=CC=Cc1ccccc1)N(c1ccc(-c2ccccc2)cc1)c1ccc(-c2ccc(-c3ccc(-c4ccc(-c5ccc6oc7ccccc7c6c5)cc4)s3)cc2)cc1. The summed E-state index contributed by atoms with van der Waals surface area (Å²) in [6.45, 7) is 4.22. The van der Waals surface area contributed by atoms with E-state index in [1.54, 1.807) is 0 Å². The van der Waals surface area contributed by atoms with E-state index in [-0.39, 0.29) is 0 Å². The van der Waals surface area contributed by atoms with Gasteiger partial charge in [0.1, 0.15) is 11.2 Å². The minimum absolute atomic E-state index is 0.918. The molecule has 290 valence electrons. The third-order valence-electron chi connectivity index (χ3n) is 11.2. The number of thiophene rings is 1. The Hall–Kier alpha value is -7.72. The van der Waals surface area contributed by atoms with E-state index in [9.17, 15) is 0 Å². The van der Waals surface area contributed by atoms with Gasteiger partial charge >= 0.3 is 0 Å². The summed E-state index contributed by atoms with van der Waals surface area (Å²) in [6, 6.07) is 75.3. The second kappa shape index (κ2) is 16.9. The molecule has 0 N–H and O–H groups in total. The van der Waals surface area contributed by atoms with Crippen LogP contribution in [0.25, 0.3) is 82.3 Å². The van der Waals surface area contributed by atoms with Crippen molar-refractivity contribution in [3.8, 4) is 54.3 Å². The Morgan fingerprint density at radius 3 is 1.48 bits per heavy atom. The van der Waals surface area contributed by atoms with Gasteiger partial charge in [0.05, 0.1) is 0 Å². The minimum Gasteiger partial charge on any atom is -0.456 e. The van der Waals surface area contributed by atoms with E-state index >= 15 is 0 Å². The van der Waals surface area contributed by atoms with E-state index in [0.29, 0.717) is 0 Å². The zero-order valence-electron chi connectivity index (χ0n) is 33.5. The van der Waals surface area contributed by atoms with Crippen molar-refractivity contribution < 1.29 is 4.42 Å². The molecule has 0 fully saturated rings. The highest BCUT2D eigenvalue weighted by Gasteiger charge is 2.14. The van der Waals surface area contributed by atoms with Crippen LogP contribution in [0.2, 0.25) is 0 Å². The molecular formula is C58H41NOS. The molecular weight excluding hydrogens is 759 g/mol. The second-order valence-electron chi connectivity index (χ2n) is 15.0. The van der Waals surface area contributed by atoms with Crippen LogP contribution < -0.4 is 4.90 Å². The standard InChI is InChI=1S/C58H41NOS/c1-2-50(17-11-14-41-12-5-3-6-13-41)59(51-33-28-44(29-34-51)42-15-7-4-8-16-42)52-35-30-45(31-36-52)43-20-24-47(25-21-43)57-38-39-58(61-57)48-26-22-46(23-27-48)49-32-37-56-54(40-49)53-18-9-10-19-55(53)60-56/h2-40H,1H2. The van der Waals surface area contributed by atoms with Gasteiger partial charge in [-0.15, -0.1) is 11.3 Å². The topological polar surface area (TPSA) is 16.4 Å². The third kappa shape index (κ3) is 7.91. The maximum Gasteiger partial charge on any atom is 0.135 e. The summed E-state index contributed by atoms with van der Waals surface area (Å²) in [6.07, 6.45) is 8.25. The highest BCUT2D eigenvalue weighted by Crippen LogP contribution is 2.38. The Morgan fingerprint density at radius 2 is 0.885 bits per heavy atom. The molecule has 2 aromatic heterocycles. The molecule has 10 rings (SSSR count). The maximum absolute atomic E-state index is 6.05. The van der Waals surface area contributed by atoms with Crippen LogP contribution in [0.15, 0.2) is 247 Å². The van der Waals surface area contributed by atoms with Gasteiger partial charge in [-0.3, -0.25) is 0 Å². The summed E-state index contributed by atoms with van der Waals surface area (Å²) >= 11 is 1.82. The first-order valence-electron chi connectivity index (χ1n) is 20.5. The highest BCUT2D eigenvalue weighted by atomic mass is 32.1. The third-order valence-corrected chi connectivity index (χ3v) is 12.4. The van der Waals surface area contributed by atoms with Gasteiger partial charge in [0.25, 0.3) is 0 Å². The molecule has 0 atom stereocenters. The van der Waals surface area contributed by atoms with Gasteiger partial charge in [-0.2, -0.15) is 0 Å². The predicted molar refractivity (Wildman–Crippen MR) is 261 cm³/mol. The summed E-state index contributed by atoms with van der Waals surface area (Å²) in [5.41, 5.74) is 15.6. The first-order chi connectivity index (χ1) is 30.2. The summed E-state index contributed by atoms with van der Waals surface area (Å²) in [5, 5.41) is 2.30. The zero-order valence-corrected chi connectivity index (χ0v) is 34.3. The number of benzene rings is 8. The predicted octanol–water partition coefficient (Wildman–Crippen LogP) is 16.9. The quantitative estimate of drug-likeness (QED) is 0.121. The number of anilines is 2. The number of hydrogen-bond acceptors (Lipinski definition) is 3. The Bertz CT molecular complexity index is 3150. The Kier molecular flexibility index (Phi) is 10.4. The molecule has 0 radical (unpaired) electrons. The molecule has 10 aromatic rings. The molecule has 2 heterocycles. The molecule has 0 amide bonds. The Morgan fingerprint density at radius 1 is 0.426 bits per heavy atom. The van der Waals surface area contributed by atoms with E-state index in [4.69, 9.17) is 4.42 Å². The number of rotatable bonds is 11. The van der Waals surface area contributed by atoms with Crippen molar-refractivity contribution in [1.29, 1.82) is 0 Å². The van der Waals surface area contributed by atoms with Crippen LogP contribution in [0.5, 0.6) is 0 Å². The first kappa shape index (κ1) is 37.5. The minimum atomic E-state index is 0.918. The van der Waals surface area contributed by atoms with Crippen molar-refractivity contribution >= 4 is 50.7 Å². The van der Waals surface area contributed by atoms with Crippen molar-refractivity contribution in [2.45, 2.75) is 0 Å². The Labute approximate surface area is 361 Å². The monoisotopic (exact) mass is 799 g/mol. The molecule has 61 heavy (non-hydrogen) atoms. The summed E-state index contributed by atoms with van der Waals surface area (Å²) < 4.78 is 6.05. The molecule has 0 aliphatic carbocycles. The van der Waals surface area contributed by atoms with Crippen molar-refractivity contribution in [3.05, 3.63) is 248 Å². The summed E-state index contributed by atoms with van der Waals surface area (Å²) in [7, 11) is 0. The largest absolute Gasteiger partial charge is 0.456 e. The van der Waals surface area contributed by atoms with Crippen molar-refractivity contribution in [1.82, 2.24) is 0 Å². The fourth-order valence-electron chi connectivity index (χ4n) is 7.95. The van der Waals surface area contributed by atoms with Crippen molar-refractivity contribution in [2.24, 2.45) is 0 Å². The van der Waals surface area contributed by atoms with Gasteiger partial charge in [0.2, 0.25) is 0 Å². The first-order valence-corrected chi connectivity index (χ1v) is 21.3. The lowest BCUT2D eigenvalue weighted by Crippen LogP contribution is -2.14. The fourth-order valence-corrected chi connectivity index (χ4v) is 8.96. The average molecular weight is 800 g/mol. The van der Waals surface area contributed by atoms with E-state index in [2.05, 4.69) is 218 Å². The van der Waals surface area contributed by atoms with Crippen LogP contribution in [0.3, 0.4) is 0 Å². The zero-order chi connectivity index (χ0) is 41.0. The smallest absolute Gasteiger partial charge is 0.135 e. The lowest BCUT2D eigenvalue weighted by atomic mass is 10.0. The van der Waals surface area contributed by atoms with E-state index in [0.717, 1.165) is 50.1 Å². The fraction of sp³-hybridized carbons (Fsp3) is 0. The molecule has 8 aromatic carbocycles. The number of fused-ring (bicyclic) bond motifs is 3.